The molecule has 1 unspecified atom stereocenters. The number of hydrogen-bond acceptors (Lipinski definition) is 7. The molecule has 9 nitrogen and oxygen atoms in total. The maximum atomic E-state index is 13.6. The molecule has 3 N–H and O–H groups in total. The molecule has 2 fully saturated rings. The Bertz CT molecular complexity index is 1280. The van der Waals surface area contributed by atoms with Crippen LogP contribution >= 0.6 is 11.3 Å². The summed E-state index contributed by atoms with van der Waals surface area (Å²) in [6.45, 7) is 14.7. The smallest absolute Gasteiger partial charge is 0.247 e. The fraction of sp³-hybridized carbons (Fsp3) is 0.657. The lowest BCUT2D eigenvalue weighted by molar-refractivity contribution is -0.129. The van der Waals surface area contributed by atoms with E-state index in [1.54, 1.807) is 11.3 Å². The summed E-state index contributed by atoms with van der Waals surface area (Å²) >= 11 is 1.58. The number of rotatable bonds is 16. The van der Waals surface area contributed by atoms with E-state index in [4.69, 9.17) is 9.72 Å². The Hall–Kier alpha value is -2.82. The number of carbonyl (C=O) groups excluding carboxylic acids is 3. The first-order chi connectivity index (χ1) is 21.7. The van der Waals surface area contributed by atoms with Crippen LogP contribution in [0.4, 0.5) is 0 Å². The lowest BCUT2D eigenvalue weighted by Gasteiger charge is -2.28. The summed E-state index contributed by atoms with van der Waals surface area (Å²) in [6, 6.07) is 5.60. The highest BCUT2D eigenvalue weighted by Gasteiger charge is 2.26. The van der Waals surface area contributed by atoms with E-state index in [2.05, 4.69) is 53.4 Å². The molecule has 0 bridgehead atoms. The van der Waals surface area contributed by atoms with Gasteiger partial charge in [-0.3, -0.25) is 19.3 Å². The van der Waals surface area contributed by atoms with Crippen molar-refractivity contribution in [3.05, 3.63) is 40.9 Å². The highest BCUT2D eigenvalue weighted by molar-refractivity contribution is 7.18. The summed E-state index contributed by atoms with van der Waals surface area (Å²) in [7, 11) is 0. The van der Waals surface area contributed by atoms with Gasteiger partial charge in [-0.25, -0.2) is 4.98 Å². The zero-order valence-corrected chi connectivity index (χ0v) is 28.3. The van der Waals surface area contributed by atoms with E-state index in [1.165, 1.54) is 37.7 Å². The van der Waals surface area contributed by atoms with Crippen molar-refractivity contribution in [2.24, 2.45) is 11.8 Å². The first-order valence-corrected chi connectivity index (χ1v) is 17.8. The van der Waals surface area contributed by atoms with Gasteiger partial charge in [0.05, 0.1) is 28.4 Å². The first kappa shape index (κ1) is 35.0. The number of morpholine rings is 1. The van der Waals surface area contributed by atoms with Crippen molar-refractivity contribution >= 4 is 39.3 Å². The fourth-order valence-corrected chi connectivity index (χ4v) is 7.34. The van der Waals surface area contributed by atoms with Gasteiger partial charge in [0, 0.05) is 51.1 Å². The third kappa shape index (κ3) is 11.2. The number of aromatic nitrogens is 1. The van der Waals surface area contributed by atoms with Crippen LogP contribution < -0.4 is 16.0 Å². The van der Waals surface area contributed by atoms with Crippen LogP contribution in [0.3, 0.4) is 0 Å². The van der Waals surface area contributed by atoms with Gasteiger partial charge in [0.25, 0.3) is 0 Å². The number of ether oxygens (including phenoxy) is 1. The molecule has 1 saturated heterocycles. The predicted molar refractivity (Wildman–Crippen MR) is 181 cm³/mol. The maximum absolute atomic E-state index is 13.6. The van der Waals surface area contributed by atoms with Crippen molar-refractivity contribution in [2.75, 3.05) is 45.9 Å². The van der Waals surface area contributed by atoms with Crippen molar-refractivity contribution in [2.45, 2.75) is 90.5 Å². The Morgan fingerprint density at radius 2 is 1.82 bits per heavy atom. The second-order valence-corrected chi connectivity index (χ2v) is 14.2. The number of nitrogens with one attached hydrogen (secondary N) is 3. The van der Waals surface area contributed by atoms with Gasteiger partial charge in [0.2, 0.25) is 17.7 Å². The number of carbonyl (C=O) groups is 3. The molecule has 1 aliphatic carbocycles. The molecule has 0 spiro atoms. The van der Waals surface area contributed by atoms with Gasteiger partial charge in [-0.15, -0.1) is 11.3 Å². The van der Waals surface area contributed by atoms with E-state index < -0.39 is 6.04 Å². The summed E-state index contributed by atoms with van der Waals surface area (Å²) in [5.74, 6) is 0.612. The summed E-state index contributed by atoms with van der Waals surface area (Å²) in [5.41, 5.74) is 2.72. The molecular formula is C35H53N5O4S. The second kappa shape index (κ2) is 17.8. The van der Waals surface area contributed by atoms with Crippen molar-refractivity contribution in [3.63, 3.8) is 0 Å². The number of benzene rings is 1. The maximum Gasteiger partial charge on any atom is 0.247 e. The molecule has 10 heteroatoms. The minimum Gasteiger partial charge on any atom is -0.379 e. The van der Waals surface area contributed by atoms with E-state index in [-0.39, 0.29) is 23.6 Å². The molecule has 45 heavy (non-hydrogen) atoms. The molecule has 1 aromatic heterocycles. The molecule has 2 aromatic rings. The Kier molecular flexibility index (Phi) is 13.8. The van der Waals surface area contributed by atoms with Crippen LogP contribution in [0.25, 0.3) is 10.2 Å². The number of fused-ring (bicyclic) bond motifs is 1. The first-order valence-electron chi connectivity index (χ1n) is 16.9. The topological polar surface area (TPSA) is 113 Å². The minimum atomic E-state index is -0.715. The van der Waals surface area contributed by atoms with Gasteiger partial charge < -0.3 is 20.7 Å². The van der Waals surface area contributed by atoms with Gasteiger partial charge in [0.15, 0.2) is 0 Å². The molecule has 0 radical (unpaired) electrons. The summed E-state index contributed by atoms with van der Waals surface area (Å²) in [5, 5.41) is 10.0. The average Bonchev–Trinajstić information content (AvgIpc) is 3.44. The van der Waals surface area contributed by atoms with Crippen molar-refractivity contribution in [1.82, 2.24) is 25.8 Å². The van der Waals surface area contributed by atoms with E-state index in [0.717, 1.165) is 34.7 Å². The van der Waals surface area contributed by atoms with Gasteiger partial charge >= 0.3 is 0 Å². The molecule has 2 heterocycles. The van der Waals surface area contributed by atoms with E-state index in [0.29, 0.717) is 69.5 Å². The molecule has 3 amide bonds. The minimum absolute atomic E-state index is 0.0843. The summed E-state index contributed by atoms with van der Waals surface area (Å²) in [4.78, 5) is 46.2. The van der Waals surface area contributed by atoms with Crippen molar-refractivity contribution < 1.29 is 19.1 Å². The zero-order chi connectivity index (χ0) is 32.2. The van der Waals surface area contributed by atoms with Crippen LogP contribution in [0.1, 0.15) is 88.6 Å². The number of nitrogens with zero attached hydrogens (tertiary/aromatic N) is 2. The third-order valence-corrected chi connectivity index (χ3v) is 10.0. The lowest BCUT2D eigenvalue weighted by Crippen LogP contribution is -2.49. The van der Waals surface area contributed by atoms with Gasteiger partial charge in [-0.1, -0.05) is 65.5 Å². The van der Waals surface area contributed by atoms with Crippen molar-refractivity contribution in [1.29, 1.82) is 0 Å². The van der Waals surface area contributed by atoms with E-state index in [1.807, 2.05) is 13.0 Å². The Morgan fingerprint density at radius 3 is 2.53 bits per heavy atom. The second-order valence-electron chi connectivity index (χ2n) is 13.1. The lowest BCUT2D eigenvalue weighted by atomic mass is 9.82. The largest absolute Gasteiger partial charge is 0.379 e. The van der Waals surface area contributed by atoms with Gasteiger partial charge in [-0.2, -0.15) is 0 Å². The Labute approximate surface area is 272 Å². The van der Waals surface area contributed by atoms with Crippen LogP contribution in [0.2, 0.25) is 0 Å². The van der Waals surface area contributed by atoms with Gasteiger partial charge in [-0.05, 0) is 48.3 Å². The molecule has 1 aliphatic heterocycles. The Balaban J connectivity index is 1.39. The SMILES string of the molecule is C=C(CN1CCOCC1)C(=O)NCC(CNC(=O)[C@H](Cc1nc2ccc(C(C)C)cc2s1)NC(=O)CCC)CC1CCCCC1. The quantitative estimate of drug-likeness (QED) is 0.224. The van der Waals surface area contributed by atoms with Crippen LogP contribution in [0, 0.1) is 11.8 Å². The Morgan fingerprint density at radius 1 is 1.09 bits per heavy atom. The van der Waals surface area contributed by atoms with E-state index >= 15 is 0 Å². The molecule has 4 rings (SSSR count). The monoisotopic (exact) mass is 639 g/mol. The number of amides is 3. The summed E-state index contributed by atoms with van der Waals surface area (Å²) in [6.07, 6.45) is 8.48. The highest BCUT2D eigenvalue weighted by atomic mass is 32.1. The third-order valence-electron chi connectivity index (χ3n) is 8.98. The molecule has 2 atom stereocenters. The number of hydrogen-bond donors (Lipinski definition) is 3. The van der Waals surface area contributed by atoms with E-state index in [9.17, 15) is 14.4 Å². The van der Waals surface area contributed by atoms with Crippen LogP contribution in [-0.2, 0) is 25.5 Å². The molecule has 1 aromatic carbocycles. The fourth-order valence-electron chi connectivity index (χ4n) is 6.28. The number of thiazole rings is 1. The molecular weight excluding hydrogens is 586 g/mol. The zero-order valence-electron chi connectivity index (χ0n) is 27.5. The molecule has 2 aliphatic rings. The predicted octanol–water partition coefficient (Wildman–Crippen LogP) is 4.95. The molecule has 248 valence electrons. The normalized spacial score (nSPS) is 17.6. The van der Waals surface area contributed by atoms with Crippen LogP contribution in [0.5, 0.6) is 0 Å². The van der Waals surface area contributed by atoms with Crippen LogP contribution in [-0.4, -0.2) is 79.6 Å². The highest BCUT2D eigenvalue weighted by Crippen LogP contribution is 2.29. The standard InChI is InChI=1S/C35H53N5O4S/c1-5-9-32(41)38-30(20-33-39-29-13-12-28(24(2)3)19-31(29)45-33)35(43)37-22-27(18-26-10-7-6-8-11-26)21-36-34(42)25(4)23-40-14-16-44-17-15-40/h12-13,19,24,26-27,30H,4-11,14-18,20-23H2,1-3H3,(H,36,42)(H,37,43)(H,38,41)/t27?,30-/m0/s1. The average molecular weight is 640 g/mol. The van der Waals surface area contributed by atoms with Crippen molar-refractivity contribution in [3.8, 4) is 0 Å². The summed E-state index contributed by atoms with van der Waals surface area (Å²) < 4.78 is 6.51. The van der Waals surface area contributed by atoms with Crippen LogP contribution in [0.15, 0.2) is 30.4 Å². The van der Waals surface area contributed by atoms with Gasteiger partial charge in [0.1, 0.15) is 6.04 Å². The molecule has 1 saturated carbocycles.